The highest BCUT2D eigenvalue weighted by molar-refractivity contribution is 6.32. The first-order valence-corrected chi connectivity index (χ1v) is 10.5. The van der Waals surface area contributed by atoms with Crippen LogP contribution < -0.4 is 19.1 Å². The quantitative estimate of drug-likeness (QED) is 0.416. The van der Waals surface area contributed by atoms with Crippen molar-refractivity contribution in [2.75, 3.05) is 25.4 Å². The van der Waals surface area contributed by atoms with Gasteiger partial charge in [0.2, 0.25) is 6.79 Å². The predicted octanol–water partition coefficient (Wildman–Crippen LogP) is 0.490. The van der Waals surface area contributed by atoms with Gasteiger partial charge >= 0.3 is 0 Å². The number of fused-ring (bicyclic) bond motifs is 4. The summed E-state index contributed by atoms with van der Waals surface area (Å²) in [6, 6.07) is 8.87. The standard InChI is InChI=1S/C23H21NO9/c1-30-13-4-2-3-9-10(13)5-12-16-11(6-14-21(17(9)16)32-8-31-14)22(29)24(12)23-20(28)19(27)18(26)15(7-25)33-23/h2-6,15,18-20,23,25-28H,7-8H2,1H3/t15-,18-,19+,20-,23+/m1/s1. The number of anilines is 1. The summed E-state index contributed by atoms with van der Waals surface area (Å²) in [5.41, 5.74) is 0.746. The molecule has 0 aromatic heterocycles. The van der Waals surface area contributed by atoms with E-state index < -0.39 is 43.2 Å². The molecule has 3 aromatic rings. The highest BCUT2D eigenvalue weighted by Gasteiger charge is 2.50. The van der Waals surface area contributed by atoms with Gasteiger partial charge in [-0.15, -0.1) is 0 Å². The van der Waals surface area contributed by atoms with Crippen LogP contribution in [0.5, 0.6) is 17.2 Å². The molecule has 0 saturated carbocycles. The molecule has 0 spiro atoms. The molecule has 5 atom stereocenters. The SMILES string of the molecule is COc1cccc2c1cc1c3c(cc4c(c32)OCO4)C(=O)N1[C@H]1O[C@H](CO)[C@@H](O)[C@H](O)[C@H]1O. The fraction of sp³-hybridized carbons (Fsp3) is 0.348. The minimum Gasteiger partial charge on any atom is -0.496 e. The van der Waals surface area contributed by atoms with Gasteiger partial charge in [0.15, 0.2) is 17.7 Å². The Morgan fingerprint density at radius 2 is 1.88 bits per heavy atom. The predicted molar refractivity (Wildman–Crippen MR) is 115 cm³/mol. The van der Waals surface area contributed by atoms with Gasteiger partial charge in [-0.05, 0) is 23.6 Å². The van der Waals surface area contributed by atoms with Crippen LogP contribution in [0.1, 0.15) is 10.4 Å². The van der Waals surface area contributed by atoms with Gasteiger partial charge in [-0.2, -0.15) is 0 Å². The molecule has 1 fully saturated rings. The van der Waals surface area contributed by atoms with Gasteiger partial charge in [0, 0.05) is 16.2 Å². The lowest BCUT2D eigenvalue weighted by atomic mass is 9.96. The van der Waals surface area contributed by atoms with E-state index in [1.807, 2.05) is 12.1 Å². The number of rotatable bonds is 3. The van der Waals surface area contributed by atoms with Crippen LogP contribution in [0.25, 0.3) is 21.5 Å². The average Bonchev–Trinajstić information content (AvgIpc) is 3.41. The second kappa shape index (κ2) is 7.17. The highest BCUT2D eigenvalue weighted by Crippen LogP contribution is 2.52. The van der Waals surface area contributed by atoms with E-state index in [1.165, 1.54) is 4.90 Å². The lowest BCUT2D eigenvalue weighted by Gasteiger charge is -2.43. The summed E-state index contributed by atoms with van der Waals surface area (Å²) in [5.74, 6) is 1.00. The van der Waals surface area contributed by atoms with E-state index in [0.29, 0.717) is 44.7 Å². The average molecular weight is 455 g/mol. The molecule has 0 unspecified atom stereocenters. The lowest BCUT2D eigenvalue weighted by molar-refractivity contribution is -0.226. The fourth-order valence-corrected chi connectivity index (χ4v) is 5.01. The molecule has 3 aliphatic rings. The van der Waals surface area contributed by atoms with Crippen molar-refractivity contribution in [3.8, 4) is 17.2 Å². The van der Waals surface area contributed by atoms with Crippen molar-refractivity contribution in [1.82, 2.24) is 0 Å². The van der Waals surface area contributed by atoms with Gasteiger partial charge in [-0.1, -0.05) is 12.1 Å². The summed E-state index contributed by atoms with van der Waals surface area (Å²) >= 11 is 0. The van der Waals surface area contributed by atoms with Gasteiger partial charge in [-0.25, -0.2) is 0 Å². The zero-order valence-electron chi connectivity index (χ0n) is 17.5. The summed E-state index contributed by atoms with van der Waals surface area (Å²) in [4.78, 5) is 14.9. The Morgan fingerprint density at radius 3 is 2.64 bits per heavy atom. The molecule has 0 radical (unpaired) electrons. The molecule has 0 aliphatic carbocycles. The Bertz CT molecular complexity index is 1310. The summed E-state index contributed by atoms with van der Waals surface area (Å²) in [7, 11) is 1.54. The molecule has 3 heterocycles. The van der Waals surface area contributed by atoms with Gasteiger partial charge in [-0.3, -0.25) is 9.69 Å². The number of benzene rings is 3. The first-order valence-electron chi connectivity index (χ1n) is 10.5. The van der Waals surface area contributed by atoms with Crippen molar-refractivity contribution in [1.29, 1.82) is 0 Å². The van der Waals surface area contributed by atoms with Gasteiger partial charge in [0.25, 0.3) is 5.91 Å². The zero-order chi connectivity index (χ0) is 23.0. The number of amides is 1. The minimum absolute atomic E-state index is 0.0220. The molecule has 172 valence electrons. The Labute approximate surface area is 187 Å². The van der Waals surface area contributed by atoms with Crippen LogP contribution in [-0.2, 0) is 4.74 Å². The smallest absolute Gasteiger partial charge is 0.261 e. The number of carbonyl (C=O) groups is 1. The fourth-order valence-electron chi connectivity index (χ4n) is 5.01. The monoisotopic (exact) mass is 455 g/mol. The molecule has 33 heavy (non-hydrogen) atoms. The van der Waals surface area contributed by atoms with Crippen LogP contribution >= 0.6 is 0 Å². The third-order valence-electron chi connectivity index (χ3n) is 6.59. The number of methoxy groups -OCH3 is 1. The van der Waals surface area contributed by atoms with Crippen molar-refractivity contribution in [2.24, 2.45) is 0 Å². The first-order chi connectivity index (χ1) is 16.0. The number of ether oxygens (including phenoxy) is 4. The molecule has 4 N–H and O–H groups in total. The number of nitrogens with zero attached hydrogens (tertiary/aromatic N) is 1. The summed E-state index contributed by atoms with van der Waals surface area (Å²) < 4.78 is 22.6. The van der Waals surface area contributed by atoms with Gasteiger partial charge in [0.1, 0.15) is 30.2 Å². The molecule has 1 saturated heterocycles. The first kappa shape index (κ1) is 20.5. The molecular formula is C23H21NO9. The second-order valence-electron chi connectivity index (χ2n) is 8.25. The van der Waals surface area contributed by atoms with Crippen molar-refractivity contribution >= 4 is 33.1 Å². The second-order valence-corrected chi connectivity index (χ2v) is 8.25. The highest BCUT2D eigenvalue weighted by atomic mass is 16.7. The van der Waals surface area contributed by atoms with Crippen LogP contribution in [0.3, 0.4) is 0 Å². The Morgan fingerprint density at radius 1 is 1.06 bits per heavy atom. The maximum absolute atomic E-state index is 13.6. The molecule has 3 aliphatic heterocycles. The van der Waals surface area contributed by atoms with Gasteiger partial charge < -0.3 is 39.4 Å². The normalized spacial score (nSPS) is 28.2. The molecule has 10 nitrogen and oxygen atoms in total. The lowest BCUT2D eigenvalue weighted by Crippen LogP contribution is -2.63. The number of hydrogen-bond acceptors (Lipinski definition) is 9. The van der Waals surface area contributed by atoms with Crippen molar-refractivity contribution in [3.63, 3.8) is 0 Å². The van der Waals surface area contributed by atoms with Crippen LogP contribution in [0.4, 0.5) is 5.69 Å². The van der Waals surface area contributed by atoms with E-state index in [0.717, 1.165) is 5.39 Å². The molecule has 1 amide bonds. The van der Waals surface area contributed by atoms with E-state index in [-0.39, 0.29) is 6.79 Å². The van der Waals surface area contributed by atoms with Crippen molar-refractivity contribution < 1.29 is 44.2 Å². The van der Waals surface area contributed by atoms with E-state index in [9.17, 15) is 25.2 Å². The molecule has 0 bridgehead atoms. The number of hydrogen-bond donors (Lipinski definition) is 4. The van der Waals surface area contributed by atoms with Crippen LogP contribution in [0.2, 0.25) is 0 Å². The molecule has 6 rings (SSSR count). The molecule has 3 aromatic carbocycles. The van der Waals surface area contributed by atoms with Crippen LogP contribution in [0, 0.1) is 0 Å². The Hall–Kier alpha value is -3.15. The largest absolute Gasteiger partial charge is 0.496 e. The van der Waals surface area contributed by atoms with E-state index >= 15 is 0 Å². The maximum Gasteiger partial charge on any atom is 0.261 e. The van der Waals surface area contributed by atoms with Crippen LogP contribution in [-0.4, -0.2) is 77.5 Å². The number of aliphatic hydroxyl groups is 4. The molecule has 10 heteroatoms. The Balaban J connectivity index is 1.64. The third kappa shape index (κ3) is 2.63. The zero-order valence-corrected chi connectivity index (χ0v) is 17.5. The van der Waals surface area contributed by atoms with E-state index in [2.05, 4.69) is 0 Å². The maximum atomic E-state index is 13.6. The number of aliphatic hydroxyl groups excluding tert-OH is 4. The molecular weight excluding hydrogens is 434 g/mol. The third-order valence-corrected chi connectivity index (χ3v) is 6.59. The Kier molecular flexibility index (Phi) is 4.45. The van der Waals surface area contributed by atoms with Crippen molar-refractivity contribution in [3.05, 3.63) is 35.9 Å². The summed E-state index contributed by atoms with van der Waals surface area (Å²) in [5, 5.41) is 43.6. The topological polar surface area (TPSA) is 138 Å². The minimum atomic E-state index is -1.63. The van der Waals surface area contributed by atoms with Gasteiger partial charge in [0.05, 0.1) is 25.0 Å². The summed E-state index contributed by atoms with van der Waals surface area (Å²) in [6.07, 6.45) is -7.30. The van der Waals surface area contributed by atoms with E-state index in [4.69, 9.17) is 18.9 Å². The van der Waals surface area contributed by atoms with Crippen molar-refractivity contribution in [2.45, 2.75) is 30.6 Å². The van der Waals surface area contributed by atoms with Crippen LogP contribution in [0.15, 0.2) is 30.3 Å². The number of carbonyl (C=O) groups excluding carboxylic acids is 1. The summed E-state index contributed by atoms with van der Waals surface area (Å²) in [6.45, 7) is -0.582. The van der Waals surface area contributed by atoms with E-state index in [1.54, 1.807) is 25.3 Å².